The highest BCUT2D eigenvalue weighted by Crippen LogP contribution is 2.11. The fraction of sp³-hybridized carbons (Fsp3) is 0.875. The highest BCUT2D eigenvalue weighted by Gasteiger charge is 2.30. The summed E-state index contributed by atoms with van der Waals surface area (Å²) in [6.45, 7) is 7.27. The molecule has 2 N–H and O–H groups in total. The van der Waals surface area contributed by atoms with E-state index in [0.717, 1.165) is 0 Å². The summed E-state index contributed by atoms with van der Waals surface area (Å²) in [5.41, 5.74) is -2.94. The molecule has 0 aliphatic heterocycles. The van der Waals surface area contributed by atoms with Gasteiger partial charge in [0.25, 0.3) is 0 Å². The lowest BCUT2D eigenvalue weighted by atomic mass is 10.1. The predicted octanol–water partition coefficient (Wildman–Crippen LogP) is 0.428. The number of hydrogen-bond donors (Lipinski definition) is 2. The lowest BCUT2D eigenvalue weighted by Gasteiger charge is -2.19. The minimum absolute atomic E-state index is 0.0543. The Balaban J connectivity index is 3.50. The van der Waals surface area contributed by atoms with Crippen LogP contribution in [0.25, 0.3) is 0 Å². The van der Waals surface area contributed by atoms with Crippen LogP contribution in [0.1, 0.15) is 40.5 Å². The average molecular weight is 350 g/mol. The molecular formula is C16H30O8. The van der Waals surface area contributed by atoms with Crippen LogP contribution in [0.3, 0.4) is 0 Å². The molecule has 0 aromatic carbocycles. The van der Waals surface area contributed by atoms with Crippen molar-refractivity contribution in [3.63, 3.8) is 0 Å². The molecule has 0 fully saturated rings. The fourth-order valence-electron chi connectivity index (χ4n) is 1.31. The Bertz CT molecular complexity index is 342. The zero-order valence-electron chi connectivity index (χ0n) is 15.0. The van der Waals surface area contributed by atoms with Gasteiger partial charge in [0.1, 0.15) is 13.2 Å². The molecule has 0 saturated carbocycles. The highest BCUT2D eigenvalue weighted by molar-refractivity contribution is 5.78. The summed E-state index contributed by atoms with van der Waals surface area (Å²) >= 11 is 0. The van der Waals surface area contributed by atoms with Crippen molar-refractivity contribution >= 4 is 11.9 Å². The van der Waals surface area contributed by atoms with Gasteiger partial charge in [0.15, 0.2) is 11.2 Å². The minimum Gasteiger partial charge on any atom is -0.461 e. The van der Waals surface area contributed by atoms with Gasteiger partial charge >= 0.3 is 11.9 Å². The Morgan fingerprint density at radius 1 is 0.708 bits per heavy atom. The van der Waals surface area contributed by atoms with Gasteiger partial charge < -0.3 is 29.2 Å². The van der Waals surface area contributed by atoms with Crippen LogP contribution in [0.4, 0.5) is 0 Å². The molecule has 0 amide bonds. The van der Waals surface area contributed by atoms with Crippen LogP contribution >= 0.6 is 0 Å². The molecule has 0 saturated heterocycles. The maximum atomic E-state index is 11.4. The molecule has 8 nitrogen and oxygen atoms in total. The summed E-state index contributed by atoms with van der Waals surface area (Å²) in [5.74, 6) is -1.34. The zero-order valence-corrected chi connectivity index (χ0v) is 15.0. The fourth-order valence-corrected chi connectivity index (χ4v) is 1.31. The van der Waals surface area contributed by atoms with Crippen molar-refractivity contribution in [3.8, 4) is 0 Å². The van der Waals surface area contributed by atoms with Crippen molar-refractivity contribution in [2.45, 2.75) is 51.7 Å². The summed E-state index contributed by atoms with van der Waals surface area (Å²) in [6.07, 6.45) is 0.553. The first kappa shape index (κ1) is 22.8. The molecule has 142 valence electrons. The molecule has 0 aliphatic carbocycles. The Morgan fingerprint density at radius 2 is 1.00 bits per heavy atom. The smallest absolute Gasteiger partial charge is 0.337 e. The third-order valence-corrected chi connectivity index (χ3v) is 3.55. The number of esters is 2. The van der Waals surface area contributed by atoms with E-state index in [1.807, 2.05) is 0 Å². The van der Waals surface area contributed by atoms with Gasteiger partial charge in [-0.3, -0.25) is 0 Å². The second kappa shape index (κ2) is 11.4. The molecule has 0 bridgehead atoms. The van der Waals surface area contributed by atoms with Gasteiger partial charge in [-0.25, -0.2) is 9.59 Å². The van der Waals surface area contributed by atoms with E-state index in [1.54, 1.807) is 13.8 Å². The minimum atomic E-state index is -1.47. The van der Waals surface area contributed by atoms with E-state index in [-0.39, 0.29) is 39.3 Å². The molecule has 0 radical (unpaired) electrons. The van der Waals surface area contributed by atoms with Gasteiger partial charge in [-0.1, -0.05) is 13.8 Å². The topological polar surface area (TPSA) is 112 Å². The van der Waals surface area contributed by atoms with E-state index in [2.05, 4.69) is 0 Å². The van der Waals surface area contributed by atoms with E-state index >= 15 is 0 Å². The monoisotopic (exact) mass is 350 g/mol. The van der Waals surface area contributed by atoms with Gasteiger partial charge in [0.2, 0.25) is 0 Å². The molecule has 0 aliphatic rings. The SMILES string of the molecule is CCC(C)(O)C(=O)OCCOCCOCCOC(=O)C(C)(O)CC. The first-order chi connectivity index (χ1) is 11.2. The van der Waals surface area contributed by atoms with Gasteiger partial charge in [0.05, 0.1) is 26.4 Å². The van der Waals surface area contributed by atoms with Gasteiger partial charge in [0, 0.05) is 0 Å². The van der Waals surface area contributed by atoms with Crippen LogP contribution in [0, 0.1) is 0 Å². The van der Waals surface area contributed by atoms with Crippen molar-refractivity contribution in [1.29, 1.82) is 0 Å². The lowest BCUT2D eigenvalue weighted by molar-refractivity contribution is -0.166. The molecule has 2 unspecified atom stereocenters. The quantitative estimate of drug-likeness (QED) is 0.363. The van der Waals surface area contributed by atoms with Crippen LogP contribution < -0.4 is 0 Å². The van der Waals surface area contributed by atoms with Crippen LogP contribution in [0.2, 0.25) is 0 Å². The largest absolute Gasteiger partial charge is 0.461 e. The molecule has 0 heterocycles. The lowest BCUT2D eigenvalue weighted by Crippen LogP contribution is -2.36. The zero-order chi connectivity index (χ0) is 18.6. The Labute approximate surface area is 143 Å². The van der Waals surface area contributed by atoms with E-state index in [1.165, 1.54) is 13.8 Å². The predicted molar refractivity (Wildman–Crippen MR) is 85.4 cm³/mol. The molecule has 8 heteroatoms. The maximum Gasteiger partial charge on any atom is 0.337 e. The first-order valence-electron chi connectivity index (χ1n) is 8.12. The van der Waals surface area contributed by atoms with Crippen molar-refractivity contribution in [2.24, 2.45) is 0 Å². The van der Waals surface area contributed by atoms with Gasteiger partial charge in [-0.15, -0.1) is 0 Å². The number of aliphatic hydroxyl groups is 2. The molecule has 2 atom stereocenters. The maximum absolute atomic E-state index is 11.4. The molecular weight excluding hydrogens is 320 g/mol. The number of ether oxygens (including phenoxy) is 4. The number of carbonyl (C=O) groups excluding carboxylic acids is 2. The van der Waals surface area contributed by atoms with E-state index < -0.39 is 23.1 Å². The molecule has 0 aromatic rings. The molecule has 0 aromatic heterocycles. The molecule has 0 rings (SSSR count). The average Bonchev–Trinajstić information content (AvgIpc) is 2.55. The Morgan fingerprint density at radius 3 is 1.29 bits per heavy atom. The molecule has 24 heavy (non-hydrogen) atoms. The molecule has 0 spiro atoms. The van der Waals surface area contributed by atoms with Crippen molar-refractivity contribution < 1.29 is 38.7 Å². The standard InChI is InChI=1S/C16H30O8/c1-5-15(3,19)13(17)23-11-9-21-7-8-22-10-12-24-14(18)16(4,20)6-2/h19-20H,5-12H2,1-4H3. The second-order valence-electron chi connectivity index (χ2n) is 5.75. The Hall–Kier alpha value is -1.22. The van der Waals surface area contributed by atoms with E-state index in [9.17, 15) is 19.8 Å². The number of rotatable bonds is 13. The Kier molecular flexibility index (Phi) is 10.8. The third-order valence-electron chi connectivity index (χ3n) is 3.55. The van der Waals surface area contributed by atoms with E-state index in [4.69, 9.17) is 18.9 Å². The van der Waals surface area contributed by atoms with Crippen LogP contribution in [0.5, 0.6) is 0 Å². The first-order valence-corrected chi connectivity index (χ1v) is 8.12. The van der Waals surface area contributed by atoms with Crippen molar-refractivity contribution in [2.75, 3.05) is 39.6 Å². The van der Waals surface area contributed by atoms with Gasteiger partial charge in [-0.2, -0.15) is 0 Å². The third kappa shape index (κ3) is 9.17. The summed E-state index contributed by atoms with van der Waals surface area (Å²) in [5, 5.41) is 19.3. The summed E-state index contributed by atoms with van der Waals surface area (Å²) in [6, 6.07) is 0. The van der Waals surface area contributed by atoms with Crippen LogP contribution in [-0.4, -0.2) is 73.0 Å². The number of hydrogen-bond acceptors (Lipinski definition) is 8. The summed E-state index contributed by atoms with van der Waals surface area (Å²) < 4.78 is 20.1. The second-order valence-corrected chi connectivity index (χ2v) is 5.75. The summed E-state index contributed by atoms with van der Waals surface area (Å²) in [7, 11) is 0. The summed E-state index contributed by atoms with van der Waals surface area (Å²) in [4.78, 5) is 22.9. The normalized spacial score (nSPS) is 16.1. The highest BCUT2D eigenvalue weighted by atomic mass is 16.6. The van der Waals surface area contributed by atoms with E-state index in [0.29, 0.717) is 13.2 Å². The van der Waals surface area contributed by atoms with Crippen LogP contribution in [-0.2, 0) is 28.5 Å². The van der Waals surface area contributed by atoms with Gasteiger partial charge in [-0.05, 0) is 26.7 Å². The van der Waals surface area contributed by atoms with Crippen molar-refractivity contribution in [1.82, 2.24) is 0 Å². The van der Waals surface area contributed by atoms with Crippen molar-refractivity contribution in [3.05, 3.63) is 0 Å². The van der Waals surface area contributed by atoms with Crippen LogP contribution in [0.15, 0.2) is 0 Å². The number of carbonyl (C=O) groups is 2.